The molecule has 1 fully saturated rings. The van der Waals surface area contributed by atoms with Crippen molar-refractivity contribution in [2.75, 3.05) is 5.32 Å². The smallest absolute Gasteiger partial charge is 0.227 e. The van der Waals surface area contributed by atoms with Crippen LogP contribution in [0.15, 0.2) is 11.4 Å². The van der Waals surface area contributed by atoms with Gasteiger partial charge in [0.25, 0.3) is 0 Å². The molecule has 0 aromatic carbocycles. The fourth-order valence-electron chi connectivity index (χ4n) is 2.30. The van der Waals surface area contributed by atoms with E-state index in [1.807, 2.05) is 11.4 Å². The molecule has 1 aromatic rings. The monoisotopic (exact) mass is 305 g/mol. The van der Waals surface area contributed by atoms with E-state index in [4.69, 9.17) is 0 Å². The number of hydrogen-bond donors (Lipinski definition) is 2. The molecule has 4 heteroatoms. The maximum absolute atomic E-state index is 12.2. The summed E-state index contributed by atoms with van der Waals surface area (Å²) in [6.45, 7) is 6.23. The number of thiophene rings is 1. The second-order valence-electron chi connectivity index (χ2n) is 6.69. The van der Waals surface area contributed by atoms with Crippen LogP contribution in [0.3, 0.4) is 0 Å². The molecule has 2 N–H and O–H groups in total. The molecule has 0 saturated heterocycles. The van der Waals surface area contributed by atoms with E-state index in [2.05, 4.69) is 37.9 Å². The molecule has 1 saturated carbocycles. The van der Waals surface area contributed by atoms with Crippen molar-refractivity contribution < 1.29 is 9.90 Å². The predicted octanol–water partition coefficient (Wildman–Crippen LogP) is 3.64. The number of aliphatic hydroxyl groups excluding tert-OH is 1. The summed E-state index contributed by atoms with van der Waals surface area (Å²) in [6, 6.07) is 1.93. The average Bonchev–Trinajstić information content (AvgIpc) is 2.84. The number of carbonyl (C=O) groups is 1. The number of rotatable bonds is 2. The van der Waals surface area contributed by atoms with Gasteiger partial charge < -0.3 is 10.4 Å². The lowest BCUT2D eigenvalue weighted by Gasteiger charge is -2.24. The standard InChI is InChI=1S/C17H23NO2S/c1-17(2,3)9-8-15-10-13(11-21-15)18-16(20)12-4-6-14(19)7-5-12/h10-12,14,19H,4-7H2,1-3H3,(H,18,20). The molecule has 2 rings (SSSR count). The van der Waals surface area contributed by atoms with Crippen LogP contribution in [-0.2, 0) is 4.79 Å². The minimum absolute atomic E-state index is 0.0175. The second kappa shape index (κ2) is 6.64. The Balaban J connectivity index is 1.93. The van der Waals surface area contributed by atoms with E-state index in [0.717, 1.165) is 36.2 Å². The van der Waals surface area contributed by atoms with Crippen LogP contribution in [0.2, 0.25) is 0 Å². The van der Waals surface area contributed by atoms with E-state index in [-0.39, 0.29) is 23.3 Å². The molecule has 0 aliphatic heterocycles. The third-order valence-corrected chi connectivity index (χ3v) is 4.34. The van der Waals surface area contributed by atoms with Crippen molar-refractivity contribution in [3.05, 3.63) is 16.3 Å². The third-order valence-electron chi connectivity index (χ3n) is 3.50. The van der Waals surface area contributed by atoms with E-state index < -0.39 is 0 Å². The van der Waals surface area contributed by atoms with E-state index in [1.165, 1.54) is 0 Å². The van der Waals surface area contributed by atoms with Crippen LogP contribution < -0.4 is 5.32 Å². The van der Waals surface area contributed by atoms with Crippen LogP contribution in [-0.4, -0.2) is 17.1 Å². The van der Waals surface area contributed by atoms with Gasteiger partial charge in [-0.15, -0.1) is 11.3 Å². The molecule has 1 amide bonds. The molecular formula is C17H23NO2S. The summed E-state index contributed by atoms with van der Waals surface area (Å²) in [5, 5.41) is 14.4. The Hall–Kier alpha value is -1.31. The summed E-state index contributed by atoms with van der Waals surface area (Å²) >= 11 is 1.55. The van der Waals surface area contributed by atoms with Crippen LogP contribution in [0.25, 0.3) is 0 Å². The number of carbonyl (C=O) groups excluding carboxylic acids is 1. The summed E-state index contributed by atoms with van der Waals surface area (Å²) in [6.07, 6.45) is 2.77. The van der Waals surface area contributed by atoms with Gasteiger partial charge in [0.05, 0.1) is 16.7 Å². The average molecular weight is 305 g/mol. The van der Waals surface area contributed by atoms with Gasteiger partial charge in [0.15, 0.2) is 0 Å². The SMILES string of the molecule is CC(C)(C)C#Cc1cc(NC(=O)C2CCC(O)CC2)cs1. The van der Waals surface area contributed by atoms with Crippen LogP contribution in [0.1, 0.15) is 51.3 Å². The Kier molecular flexibility index (Phi) is 5.08. The van der Waals surface area contributed by atoms with Crippen molar-refractivity contribution >= 4 is 22.9 Å². The Labute approximate surface area is 130 Å². The number of hydrogen-bond acceptors (Lipinski definition) is 3. The third kappa shape index (κ3) is 5.18. The van der Waals surface area contributed by atoms with Crippen molar-refractivity contribution in [2.24, 2.45) is 11.3 Å². The van der Waals surface area contributed by atoms with E-state index >= 15 is 0 Å². The molecule has 1 aliphatic carbocycles. The first kappa shape index (κ1) is 16.1. The van der Waals surface area contributed by atoms with Gasteiger partial charge in [-0.1, -0.05) is 11.8 Å². The normalized spacial score (nSPS) is 22.3. The highest BCUT2D eigenvalue weighted by atomic mass is 32.1. The Bertz CT molecular complexity index is 551. The van der Waals surface area contributed by atoms with Gasteiger partial charge in [-0.3, -0.25) is 4.79 Å². The molecule has 0 bridgehead atoms. The van der Waals surface area contributed by atoms with Gasteiger partial charge in [-0.25, -0.2) is 0 Å². The molecule has 1 aliphatic rings. The summed E-state index contributed by atoms with van der Waals surface area (Å²) in [7, 11) is 0. The van der Waals surface area contributed by atoms with Crippen molar-refractivity contribution in [2.45, 2.75) is 52.6 Å². The van der Waals surface area contributed by atoms with Crippen molar-refractivity contribution in [1.82, 2.24) is 0 Å². The molecule has 1 heterocycles. The fourth-order valence-corrected chi connectivity index (χ4v) is 2.98. The minimum atomic E-state index is -0.227. The largest absolute Gasteiger partial charge is 0.393 e. The molecule has 3 nitrogen and oxygen atoms in total. The zero-order valence-electron chi connectivity index (χ0n) is 12.9. The van der Waals surface area contributed by atoms with Gasteiger partial charge in [-0.2, -0.15) is 0 Å². The van der Waals surface area contributed by atoms with Gasteiger partial charge in [-0.05, 0) is 52.5 Å². The lowest BCUT2D eigenvalue weighted by molar-refractivity contribution is -0.121. The highest BCUT2D eigenvalue weighted by Gasteiger charge is 2.25. The first-order valence-electron chi connectivity index (χ1n) is 7.44. The van der Waals surface area contributed by atoms with Gasteiger partial charge in [0.2, 0.25) is 5.91 Å². The second-order valence-corrected chi connectivity index (χ2v) is 7.61. The molecule has 0 atom stereocenters. The van der Waals surface area contributed by atoms with Gasteiger partial charge in [0.1, 0.15) is 0 Å². The number of amides is 1. The van der Waals surface area contributed by atoms with Crippen molar-refractivity contribution in [1.29, 1.82) is 0 Å². The van der Waals surface area contributed by atoms with Crippen LogP contribution in [0.5, 0.6) is 0 Å². The quantitative estimate of drug-likeness (QED) is 0.820. The van der Waals surface area contributed by atoms with Crippen LogP contribution >= 0.6 is 11.3 Å². The van der Waals surface area contributed by atoms with Gasteiger partial charge >= 0.3 is 0 Å². The van der Waals surface area contributed by atoms with Crippen LogP contribution in [0, 0.1) is 23.2 Å². The summed E-state index contributed by atoms with van der Waals surface area (Å²) in [5.74, 6) is 6.43. The first-order valence-corrected chi connectivity index (χ1v) is 8.32. The number of aliphatic hydroxyl groups is 1. The Morgan fingerprint density at radius 3 is 2.62 bits per heavy atom. The molecule has 0 spiro atoms. The fraction of sp³-hybridized carbons (Fsp3) is 0.588. The lowest BCUT2D eigenvalue weighted by atomic mass is 9.87. The highest BCUT2D eigenvalue weighted by Crippen LogP contribution is 2.26. The number of nitrogens with one attached hydrogen (secondary N) is 1. The molecule has 1 aromatic heterocycles. The molecule has 0 radical (unpaired) electrons. The predicted molar refractivity (Wildman–Crippen MR) is 87.2 cm³/mol. The lowest BCUT2D eigenvalue weighted by Crippen LogP contribution is -2.28. The highest BCUT2D eigenvalue weighted by molar-refractivity contribution is 7.11. The first-order chi connectivity index (χ1) is 9.83. The van der Waals surface area contributed by atoms with Crippen molar-refractivity contribution in [3.8, 4) is 11.8 Å². The molecule has 114 valence electrons. The van der Waals surface area contributed by atoms with E-state index in [9.17, 15) is 9.90 Å². The van der Waals surface area contributed by atoms with E-state index in [1.54, 1.807) is 11.3 Å². The zero-order valence-corrected chi connectivity index (χ0v) is 13.7. The van der Waals surface area contributed by atoms with E-state index in [0.29, 0.717) is 0 Å². The maximum atomic E-state index is 12.2. The minimum Gasteiger partial charge on any atom is -0.393 e. The topological polar surface area (TPSA) is 49.3 Å². The Morgan fingerprint density at radius 1 is 1.33 bits per heavy atom. The maximum Gasteiger partial charge on any atom is 0.227 e. The number of anilines is 1. The summed E-state index contributed by atoms with van der Waals surface area (Å²) in [5.41, 5.74) is 0.811. The summed E-state index contributed by atoms with van der Waals surface area (Å²) in [4.78, 5) is 13.1. The Morgan fingerprint density at radius 2 is 2.00 bits per heavy atom. The van der Waals surface area contributed by atoms with Gasteiger partial charge in [0, 0.05) is 16.7 Å². The molecule has 0 unspecified atom stereocenters. The van der Waals surface area contributed by atoms with Crippen molar-refractivity contribution in [3.63, 3.8) is 0 Å². The molecular weight excluding hydrogens is 282 g/mol. The molecule has 21 heavy (non-hydrogen) atoms. The summed E-state index contributed by atoms with van der Waals surface area (Å²) < 4.78 is 0. The van der Waals surface area contributed by atoms with Crippen LogP contribution in [0.4, 0.5) is 5.69 Å². The zero-order chi connectivity index (χ0) is 15.5.